The molecule has 2 atom stereocenters. The van der Waals surface area contributed by atoms with Gasteiger partial charge in [-0.3, -0.25) is 9.69 Å². The summed E-state index contributed by atoms with van der Waals surface area (Å²) in [7, 11) is 0. The maximum absolute atomic E-state index is 13.2. The van der Waals surface area contributed by atoms with Crippen molar-refractivity contribution < 1.29 is 28.8 Å². The molecule has 3 aliphatic rings. The van der Waals surface area contributed by atoms with Crippen molar-refractivity contribution in [2.75, 3.05) is 46.2 Å². The average molecular weight is 461 g/mol. The summed E-state index contributed by atoms with van der Waals surface area (Å²) in [5, 5.41) is 8.96. The number of carbonyl (C=O) groups excluding carboxylic acids is 1. The Morgan fingerprint density at radius 1 is 1.15 bits per heavy atom. The molecule has 8 nitrogen and oxygen atoms in total. The first-order valence-corrected chi connectivity index (χ1v) is 12.0. The predicted molar refractivity (Wildman–Crippen MR) is 123 cm³/mol. The highest BCUT2D eigenvalue weighted by Crippen LogP contribution is 2.33. The Hall–Kier alpha value is -2.29. The van der Waals surface area contributed by atoms with Crippen LogP contribution in [0.25, 0.3) is 0 Å². The lowest BCUT2D eigenvalue weighted by atomic mass is 9.90. The molecule has 1 amide bonds. The molecule has 0 radical (unpaired) electrons. The average Bonchev–Trinajstić information content (AvgIpc) is 3.30. The Labute approximate surface area is 196 Å². The molecule has 1 aromatic rings. The normalized spacial score (nSPS) is 22.9. The molecular weight excluding hydrogens is 424 g/mol. The lowest BCUT2D eigenvalue weighted by Crippen LogP contribution is -2.49. The van der Waals surface area contributed by atoms with Gasteiger partial charge in [0.15, 0.2) is 17.3 Å². The quantitative estimate of drug-likeness (QED) is 0.568. The Bertz CT molecular complexity index is 834. The van der Waals surface area contributed by atoms with Gasteiger partial charge < -0.3 is 29.0 Å². The second-order valence-electron chi connectivity index (χ2n) is 9.28. The number of amides is 1. The van der Waals surface area contributed by atoms with E-state index in [2.05, 4.69) is 24.8 Å². The Kier molecular flexibility index (Phi) is 8.11. The third kappa shape index (κ3) is 6.19. The van der Waals surface area contributed by atoms with Gasteiger partial charge >= 0.3 is 0 Å². The molecule has 8 heteroatoms. The number of nitrogens with zero attached hydrogens (tertiary/aromatic N) is 2. The van der Waals surface area contributed by atoms with Crippen LogP contribution in [0.2, 0.25) is 0 Å². The van der Waals surface area contributed by atoms with E-state index in [0.717, 1.165) is 44.0 Å². The second kappa shape index (κ2) is 11.2. The molecule has 33 heavy (non-hydrogen) atoms. The number of carbonyl (C=O) groups is 1. The zero-order valence-electron chi connectivity index (χ0n) is 19.7. The van der Waals surface area contributed by atoms with Crippen molar-refractivity contribution in [3.05, 3.63) is 35.6 Å². The van der Waals surface area contributed by atoms with Crippen LogP contribution >= 0.6 is 0 Å². The minimum atomic E-state index is -0.410. The van der Waals surface area contributed by atoms with Crippen LogP contribution in [-0.2, 0) is 20.8 Å². The van der Waals surface area contributed by atoms with Crippen LogP contribution in [0.1, 0.15) is 38.7 Å². The summed E-state index contributed by atoms with van der Waals surface area (Å²) in [5.74, 6) is 2.61. The molecule has 4 rings (SSSR count). The fourth-order valence-corrected chi connectivity index (χ4v) is 4.39. The van der Waals surface area contributed by atoms with Gasteiger partial charge in [0.2, 0.25) is 13.1 Å². The number of hydrogen-bond acceptors (Lipinski definition) is 7. The van der Waals surface area contributed by atoms with Gasteiger partial charge in [-0.2, -0.15) is 0 Å². The predicted octanol–water partition coefficient (Wildman–Crippen LogP) is 2.75. The third-order valence-electron chi connectivity index (χ3n) is 6.51. The lowest BCUT2D eigenvalue weighted by molar-refractivity contribution is -0.157. The molecule has 3 aliphatic heterocycles. The summed E-state index contributed by atoms with van der Waals surface area (Å²) in [6, 6.07) is 6.06. The van der Waals surface area contributed by atoms with Crippen LogP contribution in [0.4, 0.5) is 0 Å². The van der Waals surface area contributed by atoms with E-state index in [1.807, 2.05) is 23.1 Å². The van der Waals surface area contributed by atoms with E-state index in [9.17, 15) is 4.79 Å². The highest BCUT2D eigenvalue weighted by molar-refractivity contribution is 5.91. The van der Waals surface area contributed by atoms with Crippen LogP contribution in [0.5, 0.6) is 11.5 Å². The first-order chi connectivity index (χ1) is 16.0. The molecule has 0 bridgehead atoms. The molecule has 1 saturated heterocycles. The number of aliphatic hydroxyl groups excluding tert-OH is 1. The molecule has 0 saturated carbocycles. The maximum Gasteiger partial charge on any atom is 0.288 e. The summed E-state index contributed by atoms with van der Waals surface area (Å²) in [5.41, 5.74) is 1.18. The van der Waals surface area contributed by atoms with Crippen LogP contribution in [0.15, 0.2) is 30.0 Å². The number of piperazine rings is 1. The molecule has 3 heterocycles. The minimum Gasteiger partial charge on any atom is -0.459 e. The van der Waals surface area contributed by atoms with Crippen molar-refractivity contribution in [3.63, 3.8) is 0 Å². The Morgan fingerprint density at radius 3 is 2.70 bits per heavy atom. The van der Waals surface area contributed by atoms with E-state index in [0.29, 0.717) is 37.8 Å². The molecule has 0 aromatic heterocycles. The van der Waals surface area contributed by atoms with Gasteiger partial charge in [-0.25, -0.2) is 0 Å². The number of aliphatic hydroxyl groups is 1. The van der Waals surface area contributed by atoms with E-state index in [1.165, 1.54) is 5.56 Å². The molecule has 2 unspecified atom stereocenters. The number of fused-ring (bicyclic) bond motifs is 1. The fourth-order valence-electron chi connectivity index (χ4n) is 4.39. The molecule has 1 fully saturated rings. The van der Waals surface area contributed by atoms with E-state index < -0.39 is 6.29 Å². The number of allylic oxidation sites excluding steroid dienone is 1. The molecule has 1 N–H and O–H groups in total. The van der Waals surface area contributed by atoms with Crippen LogP contribution in [-0.4, -0.2) is 73.3 Å². The van der Waals surface area contributed by atoms with Gasteiger partial charge in [-0.15, -0.1) is 0 Å². The van der Waals surface area contributed by atoms with Crippen molar-refractivity contribution in [3.8, 4) is 11.5 Å². The van der Waals surface area contributed by atoms with E-state index in [1.54, 1.807) is 0 Å². The van der Waals surface area contributed by atoms with Gasteiger partial charge in [-0.1, -0.05) is 19.9 Å². The fraction of sp³-hybridized carbons (Fsp3) is 0.640. The van der Waals surface area contributed by atoms with Gasteiger partial charge in [0.25, 0.3) is 5.91 Å². The molecule has 182 valence electrons. The second-order valence-corrected chi connectivity index (χ2v) is 9.28. The largest absolute Gasteiger partial charge is 0.459 e. The van der Waals surface area contributed by atoms with Gasteiger partial charge in [0.05, 0.1) is 6.61 Å². The molecule has 0 aliphatic carbocycles. The number of hydrogen-bond donors (Lipinski definition) is 1. The van der Waals surface area contributed by atoms with Crippen LogP contribution in [0.3, 0.4) is 0 Å². The van der Waals surface area contributed by atoms with Crippen LogP contribution in [0, 0.1) is 11.8 Å². The lowest BCUT2D eigenvalue weighted by Gasteiger charge is -2.37. The standard InChI is InChI=1S/C25H36N2O6/c1-18(2)20-14-23(33-24(15-20)30-12-4-3-11-28)25(29)27-9-7-26(8-10-27)16-19-5-6-21-22(13-19)32-17-31-21/h5-6,13-14,18,20,24,28H,3-4,7-12,15-17H2,1-2H3. The Morgan fingerprint density at radius 2 is 1.94 bits per heavy atom. The topological polar surface area (TPSA) is 80.7 Å². The van der Waals surface area contributed by atoms with Crippen molar-refractivity contribution >= 4 is 5.91 Å². The van der Waals surface area contributed by atoms with Crippen molar-refractivity contribution in [1.29, 1.82) is 0 Å². The maximum atomic E-state index is 13.2. The number of benzene rings is 1. The van der Waals surface area contributed by atoms with E-state index >= 15 is 0 Å². The van der Waals surface area contributed by atoms with Gasteiger partial charge in [-0.05, 0) is 48.4 Å². The summed E-state index contributed by atoms with van der Waals surface area (Å²) < 4.78 is 22.7. The van der Waals surface area contributed by atoms with Gasteiger partial charge in [0.1, 0.15) is 0 Å². The summed E-state index contributed by atoms with van der Waals surface area (Å²) in [4.78, 5) is 17.5. The monoisotopic (exact) mass is 460 g/mol. The number of unbranched alkanes of at least 4 members (excludes halogenated alkanes) is 1. The van der Waals surface area contributed by atoms with Crippen molar-refractivity contribution in [2.24, 2.45) is 11.8 Å². The highest BCUT2D eigenvalue weighted by Gasteiger charge is 2.32. The van der Waals surface area contributed by atoms with Gasteiger partial charge in [0, 0.05) is 45.8 Å². The summed E-state index contributed by atoms with van der Waals surface area (Å²) >= 11 is 0. The summed E-state index contributed by atoms with van der Waals surface area (Å²) in [6.45, 7) is 9.05. The SMILES string of the molecule is CC(C)C1C=C(C(=O)N2CCN(Cc3ccc4c(c3)OCO4)CC2)OC(OCCCCO)C1. The third-order valence-corrected chi connectivity index (χ3v) is 6.51. The van der Waals surface area contributed by atoms with Crippen molar-refractivity contribution in [1.82, 2.24) is 9.80 Å². The Balaban J connectivity index is 1.30. The zero-order valence-corrected chi connectivity index (χ0v) is 19.7. The summed E-state index contributed by atoms with van der Waals surface area (Å²) in [6.07, 6.45) is 3.81. The zero-order chi connectivity index (χ0) is 23.2. The van der Waals surface area contributed by atoms with Crippen LogP contribution < -0.4 is 9.47 Å². The highest BCUT2D eigenvalue weighted by atomic mass is 16.7. The molecular formula is C25H36N2O6. The number of rotatable bonds is 9. The molecule has 1 aromatic carbocycles. The smallest absolute Gasteiger partial charge is 0.288 e. The molecule has 0 spiro atoms. The minimum absolute atomic E-state index is 0.0490. The first kappa shape index (κ1) is 23.9. The van der Waals surface area contributed by atoms with E-state index in [-0.39, 0.29) is 25.2 Å². The first-order valence-electron chi connectivity index (χ1n) is 12.0. The van der Waals surface area contributed by atoms with Crippen molar-refractivity contribution in [2.45, 2.75) is 45.9 Å². The van der Waals surface area contributed by atoms with E-state index in [4.69, 9.17) is 24.1 Å². The number of ether oxygens (including phenoxy) is 4.